The van der Waals surface area contributed by atoms with E-state index in [-0.39, 0.29) is 6.04 Å². The van der Waals surface area contributed by atoms with Crippen molar-refractivity contribution in [2.24, 2.45) is 11.1 Å². The van der Waals surface area contributed by atoms with E-state index in [0.29, 0.717) is 5.41 Å². The van der Waals surface area contributed by atoms with Crippen LogP contribution in [0.1, 0.15) is 45.3 Å². The van der Waals surface area contributed by atoms with Gasteiger partial charge in [-0.25, -0.2) is 4.68 Å². The average Bonchev–Trinajstić information content (AvgIpc) is 2.86. The van der Waals surface area contributed by atoms with Crippen LogP contribution in [0.2, 0.25) is 0 Å². The van der Waals surface area contributed by atoms with Crippen LogP contribution < -0.4 is 5.73 Å². The van der Waals surface area contributed by atoms with Crippen molar-refractivity contribution in [3.8, 4) is 5.69 Å². The van der Waals surface area contributed by atoms with Gasteiger partial charge in [0.15, 0.2) is 0 Å². The van der Waals surface area contributed by atoms with Gasteiger partial charge in [0, 0.05) is 12.2 Å². The maximum atomic E-state index is 6.22. The zero-order valence-electron chi connectivity index (χ0n) is 12.0. The van der Waals surface area contributed by atoms with Crippen LogP contribution in [-0.4, -0.2) is 9.78 Å². The van der Waals surface area contributed by atoms with E-state index in [9.17, 15) is 0 Å². The van der Waals surface area contributed by atoms with Gasteiger partial charge in [-0.3, -0.25) is 0 Å². The first-order valence-electron chi connectivity index (χ1n) is 6.82. The Morgan fingerprint density at radius 3 is 2.47 bits per heavy atom. The number of benzene rings is 1. The van der Waals surface area contributed by atoms with Crippen molar-refractivity contribution in [1.82, 2.24) is 9.78 Å². The van der Waals surface area contributed by atoms with E-state index in [2.05, 4.69) is 25.9 Å². The Morgan fingerprint density at radius 1 is 1.16 bits per heavy atom. The molecule has 3 heteroatoms. The minimum Gasteiger partial charge on any atom is -0.323 e. The van der Waals surface area contributed by atoms with Gasteiger partial charge in [-0.2, -0.15) is 5.10 Å². The molecule has 0 amide bonds. The van der Waals surface area contributed by atoms with Crippen molar-refractivity contribution in [2.45, 2.75) is 39.7 Å². The van der Waals surface area contributed by atoms with Crippen LogP contribution in [-0.2, 0) is 0 Å². The Kier molecular flexibility index (Phi) is 4.05. The molecule has 1 aromatic heterocycles. The summed E-state index contributed by atoms with van der Waals surface area (Å²) in [5.41, 5.74) is 8.57. The van der Waals surface area contributed by atoms with Crippen LogP contribution in [0.5, 0.6) is 0 Å². The van der Waals surface area contributed by atoms with Crippen LogP contribution in [0, 0.1) is 5.41 Å². The maximum absolute atomic E-state index is 6.22. The van der Waals surface area contributed by atoms with Crippen molar-refractivity contribution in [2.75, 3.05) is 0 Å². The topological polar surface area (TPSA) is 43.8 Å². The van der Waals surface area contributed by atoms with Gasteiger partial charge >= 0.3 is 0 Å². The molecule has 19 heavy (non-hydrogen) atoms. The summed E-state index contributed by atoms with van der Waals surface area (Å²) in [4.78, 5) is 0. The summed E-state index contributed by atoms with van der Waals surface area (Å²) in [7, 11) is 0. The molecule has 0 saturated carbocycles. The molecule has 3 nitrogen and oxygen atoms in total. The van der Waals surface area contributed by atoms with Gasteiger partial charge in [0.25, 0.3) is 0 Å². The van der Waals surface area contributed by atoms with E-state index in [1.54, 1.807) is 0 Å². The zero-order chi connectivity index (χ0) is 13.9. The molecule has 2 N–H and O–H groups in total. The van der Waals surface area contributed by atoms with E-state index in [1.165, 1.54) is 0 Å². The molecule has 0 bridgehead atoms. The largest absolute Gasteiger partial charge is 0.323 e. The van der Waals surface area contributed by atoms with Gasteiger partial charge in [0.2, 0.25) is 0 Å². The Labute approximate surface area is 115 Å². The van der Waals surface area contributed by atoms with Crippen LogP contribution in [0.25, 0.3) is 5.69 Å². The predicted molar refractivity (Wildman–Crippen MR) is 79.2 cm³/mol. The molecule has 0 radical (unpaired) electrons. The Balaban J connectivity index is 2.05. The van der Waals surface area contributed by atoms with Crippen LogP contribution >= 0.6 is 0 Å². The molecule has 1 aromatic carbocycles. The van der Waals surface area contributed by atoms with Gasteiger partial charge < -0.3 is 5.73 Å². The number of nitrogens with two attached hydrogens (primary N) is 1. The van der Waals surface area contributed by atoms with Gasteiger partial charge in [0.05, 0.1) is 11.4 Å². The van der Waals surface area contributed by atoms with Crippen molar-refractivity contribution in [1.29, 1.82) is 0 Å². The lowest BCUT2D eigenvalue weighted by Gasteiger charge is -2.19. The first-order valence-corrected chi connectivity index (χ1v) is 6.82. The number of rotatable bonds is 4. The summed E-state index contributed by atoms with van der Waals surface area (Å²) < 4.78 is 1.88. The van der Waals surface area contributed by atoms with E-state index >= 15 is 0 Å². The number of para-hydroxylation sites is 1. The monoisotopic (exact) mass is 257 g/mol. The normalized spacial score (nSPS) is 13.5. The van der Waals surface area contributed by atoms with Crippen LogP contribution in [0.3, 0.4) is 0 Å². The molecule has 0 aliphatic rings. The summed E-state index contributed by atoms with van der Waals surface area (Å²) in [6.07, 6.45) is 4.04. The minimum absolute atomic E-state index is 0.0178. The highest BCUT2D eigenvalue weighted by Crippen LogP contribution is 2.25. The quantitative estimate of drug-likeness (QED) is 0.907. The number of nitrogens with zero attached hydrogens (tertiary/aromatic N) is 2. The highest BCUT2D eigenvalue weighted by atomic mass is 15.3. The van der Waals surface area contributed by atoms with Crippen molar-refractivity contribution in [3.63, 3.8) is 0 Å². The van der Waals surface area contributed by atoms with E-state index in [4.69, 9.17) is 5.73 Å². The first-order chi connectivity index (χ1) is 8.96. The lowest BCUT2D eigenvalue weighted by molar-refractivity contribution is 0.348. The molecule has 1 atom stereocenters. The van der Waals surface area contributed by atoms with Gasteiger partial charge in [0.1, 0.15) is 0 Å². The molecule has 0 fully saturated rings. The summed E-state index contributed by atoms with van der Waals surface area (Å²) in [5, 5.41) is 4.57. The number of aromatic nitrogens is 2. The van der Waals surface area contributed by atoms with Crippen molar-refractivity contribution in [3.05, 3.63) is 48.3 Å². The molecule has 1 unspecified atom stereocenters. The Morgan fingerprint density at radius 2 is 1.84 bits per heavy atom. The van der Waals surface area contributed by atoms with E-state index < -0.39 is 0 Å². The fraction of sp³-hybridized carbons (Fsp3) is 0.438. The second-order valence-corrected chi connectivity index (χ2v) is 6.23. The van der Waals surface area contributed by atoms with E-state index in [0.717, 1.165) is 24.2 Å². The van der Waals surface area contributed by atoms with Gasteiger partial charge in [-0.1, -0.05) is 39.0 Å². The second-order valence-electron chi connectivity index (χ2n) is 6.23. The smallest absolute Gasteiger partial charge is 0.0796 e. The Hall–Kier alpha value is -1.61. The molecule has 1 heterocycles. The summed E-state index contributed by atoms with van der Waals surface area (Å²) in [5.74, 6) is 0. The minimum atomic E-state index is 0.0178. The highest BCUT2D eigenvalue weighted by molar-refractivity contribution is 5.30. The third-order valence-corrected chi connectivity index (χ3v) is 3.22. The molecule has 0 saturated heterocycles. The molecular weight excluding hydrogens is 234 g/mol. The summed E-state index contributed by atoms with van der Waals surface area (Å²) >= 11 is 0. The van der Waals surface area contributed by atoms with Gasteiger partial charge in [-0.05, 0) is 36.5 Å². The first kappa shape index (κ1) is 13.8. The second kappa shape index (κ2) is 5.57. The molecule has 0 aliphatic carbocycles. The molecule has 2 aromatic rings. The van der Waals surface area contributed by atoms with Crippen molar-refractivity contribution < 1.29 is 0 Å². The van der Waals surface area contributed by atoms with Gasteiger partial charge in [-0.15, -0.1) is 0 Å². The molecular formula is C16H23N3. The maximum Gasteiger partial charge on any atom is 0.0796 e. The lowest BCUT2D eigenvalue weighted by Crippen LogP contribution is -2.15. The Bertz CT molecular complexity index is 508. The summed E-state index contributed by atoms with van der Waals surface area (Å²) in [6.45, 7) is 6.72. The third-order valence-electron chi connectivity index (χ3n) is 3.22. The standard InChI is InChI=1S/C16H23N3/c1-16(2,3)11-9-14(17)15-10-12-19(18-15)13-7-5-4-6-8-13/h4-8,10,12,14H,9,11,17H2,1-3H3. The summed E-state index contributed by atoms with van der Waals surface area (Å²) in [6, 6.07) is 12.1. The van der Waals surface area contributed by atoms with E-state index in [1.807, 2.05) is 47.3 Å². The zero-order valence-corrected chi connectivity index (χ0v) is 12.0. The predicted octanol–water partition coefficient (Wildman–Crippen LogP) is 3.70. The highest BCUT2D eigenvalue weighted by Gasteiger charge is 2.15. The van der Waals surface area contributed by atoms with Crippen LogP contribution in [0.4, 0.5) is 0 Å². The molecule has 0 aliphatic heterocycles. The fourth-order valence-electron chi connectivity index (χ4n) is 2.00. The molecule has 0 spiro atoms. The van der Waals surface area contributed by atoms with Crippen molar-refractivity contribution >= 4 is 0 Å². The molecule has 102 valence electrons. The van der Waals surface area contributed by atoms with Crippen LogP contribution in [0.15, 0.2) is 42.6 Å². The number of hydrogen-bond donors (Lipinski definition) is 1. The average molecular weight is 257 g/mol. The third kappa shape index (κ3) is 3.93. The lowest BCUT2D eigenvalue weighted by atomic mass is 9.88. The molecule has 2 rings (SSSR count). The number of hydrogen-bond acceptors (Lipinski definition) is 2. The fourth-order valence-corrected chi connectivity index (χ4v) is 2.00. The SMILES string of the molecule is CC(C)(C)CCC(N)c1ccn(-c2ccccc2)n1.